The first-order valence-electron chi connectivity index (χ1n) is 8.46. The predicted molar refractivity (Wildman–Crippen MR) is 108 cm³/mol. The molecule has 2 amide bonds. The summed E-state index contributed by atoms with van der Waals surface area (Å²) in [5.41, 5.74) is 10.1. The molecule has 28 heavy (non-hydrogen) atoms. The molecule has 7 nitrogen and oxygen atoms in total. The molecule has 4 N–H and O–H groups in total. The Hall–Kier alpha value is -4.31. The highest BCUT2D eigenvalue weighted by Crippen LogP contribution is 2.32. The fourth-order valence-corrected chi connectivity index (χ4v) is 2.95. The number of nitrogens with two attached hydrogens (primary N) is 1. The number of urea groups is 1. The van der Waals surface area contributed by atoms with Crippen LogP contribution in [-0.2, 0) is 0 Å². The van der Waals surface area contributed by atoms with Crippen LogP contribution in [-0.4, -0.2) is 11.2 Å². The number of carbonyl (C=O) groups excluding carboxylic acids is 1. The molecule has 7 heteroatoms. The molecule has 0 bridgehead atoms. The Kier molecular flexibility index (Phi) is 4.36. The van der Waals surface area contributed by atoms with Crippen molar-refractivity contribution >= 4 is 34.2 Å². The van der Waals surface area contributed by atoms with Crippen LogP contribution < -0.4 is 16.4 Å². The van der Waals surface area contributed by atoms with E-state index in [2.05, 4.69) is 15.8 Å². The Balaban J connectivity index is 1.51. The molecule has 0 saturated heterocycles. The molecule has 0 saturated carbocycles. The van der Waals surface area contributed by atoms with E-state index in [1.54, 1.807) is 36.4 Å². The van der Waals surface area contributed by atoms with Crippen LogP contribution >= 0.6 is 0 Å². The first-order valence-corrected chi connectivity index (χ1v) is 8.46. The highest BCUT2D eigenvalue weighted by atomic mass is 16.5. The number of benzene rings is 3. The van der Waals surface area contributed by atoms with Crippen LogP contribution in [0.4, 0.5) is 22.1 Å². The van der Waals surface area contributed by atoms with Gasteiger partial charge in [0, 0.05) is 11.4 Å². The van der Waals surface area contributed by atoms with Crippen molar-refractivity contribution in [2.24, 2.45) is 0 Å². The summed E-state index contributed by atoms with van der Waals surface area (Å²) in [4.78, 5) is 12.2. The molecule has 1 heterocycles. The molecule has 4 rings (SSSR count). The van der Waals surface area contributed by atoms with Crippen molar-refractivity contribution in [3.05, 3.63) is 72.3 Å². The molecule has 1 aromatic heterocycles. The van der Waals surface area contributed by atoms with Crippen molar-refractivity contribution in [2.75, 3.05) is 16.4 Å². The Labute approximate surface area is 160 Å². The minimum atomic E-state index is -0.395. The summed E-state index contributed by atoms with van der Waals surface area (Å²) in [6.45, 7) is 0. The molecular formula is C21H15N5O2. The van der Waals surface area contributed by atoms with Crippen molar-refractivity contribution < 1.29 is 9.32 Å². The van der Waals surface area contributed by atoms with E-state index in [-0.39, 0.29) is 5.88 Å². The van der Waals surface area contributed by atoms with Gasteiger partial charge in [-0.3, -0.25) is 0 Å². The Morgan fingerprint density at radius 3 is 2.54 bits per heavy atom. The zero-order chi connectivity index (χ0) is 19.5. The summed E-state index contributed by atoms with van der Waals surface area (Å²) in [5, 5.41) is 19.1. The number of anilines is 3. The summed E-state index contributed by atoms with van der Waals surface area (Å²) >= 11 is 0. The van der Waals surface area contributed by atoms with Gasteiger partial charge in [0.2, 0.25) is 5.88 Å². The molecule has 0 atom stereocenters. The number of nitrogens with one attached hydrogen (secondary N) is 2. The second kappa shape index (κ2) is 7.13. The molecule has 0 radical (unpaired) electrons. The maximum Gasteiger partial charge on any atom is 0.323 e. The van der Waals surface area contributed by atoms with Gasteiger partial charge in [-0.05, 0) is 47.5 Å². The van der Waals surface area contributed by atoms with Crippen LogP contribution in [0.2, 0.25) is 0 Å². The minimum Gasteiger partial charge on any atom is -0.367 e. The lowest BCUT2D eigenvalue weighted by Gasteiger charge is -2.09. The van der Waals surface area contributed by atoms with Crippen molar-refractivity contribution in [2.45, 2.75) is 0 Å². The Bertz CT molecular complexity index is 1210. The second-order valence-electron chi connectivity index (χ2n) is 6.10. The molecule has 0 unspecified atom stereocenters. The number of fused-ring (bicyclic) bond motifs is 1. The first kappa shape index (κ1) is 17.1. The average molecular weight is 369 g/mol. The van der Waals surface area contributed by atoms with E-state index >= 15 is 0 Å². The monoisotopic (exact) mass is 369 g/mol. The number of carbonyl (C=O) groups is 1. The maximum atomic E-state index is 12.2. The Morgan fingerprint density at radius 1 is 1.00 bits per heavy atom. The van der Waals surface area contributed by atoms with Gasteiger partial charge in [0.1, 0.15) is 5.52 Å². The molecule has 0 aliphatic heterocycles. The standard InChI is InChI=1S/C21H15N5O2/c22-12-13-3-1-4-16(11-13)25-21(27)24-15-9-7-14(8-10-15)17-5-2-6-18-19(17)20(23)28-26-18/h1-11H,23H2,(H2,24,25,27). The van der Waals surface area contributed by atoms with Crippen LogP contribution in [0.1, 0.15) is 5.56 Å². The summed E-state index contributed by atoms with van der Waals surface area (Å²) in [5.74, 6) is 0.270. The van der Waals surface area contributed by atoms with E-state index in [0.717, 1.165) is 16.5 Å². The van der Waals surface area contributed by atoms with Gasteiger partial charge in [0.15, 0.2) is 0 Å². The zero-order valence-electron chi connectivity index (χ0n) is 14.6. The number of nitrogens with zero attached hydrogens (tertiary/aromatic N) is 2. The average Bonchev–Trinajstić information content (AvgIpc) is 3.10. The highest BCUT2D eigenvalue weighted by Gasteiger charge is 2.11. The number of nitrogen functional groups attached to an aromatic ring is 1. The van der Waals surface area contributed by atoms with Crippen LogP contribution in [0.25, 0.3) is 22.0 Å². The third-order valence-electron chi connectivity index (χ3n) is 4.23. The lowest BCUT2D eigenvalue weighted by atomic mass is 10.0. The maximum absolute atomic E-state index is 12.2. The van der Waals surface area contributed by atoms with E-state index in [0.29, 0.717) is 22.5 Å². The van der Waals surface area contributed by atoms with Gasteiger partial charge in [-0.2, -0.15) is 5.26 Å². The van der Waals surface area contributed by atoms with Crippen LogP contribution in [0.5, 0.6) is 0 Å². The van der Waals surface area contributed by atoms with Gasteiger partial charge in [-0.15, -0.1) is 0 Å². The number of nitriles is 1. The second-order valence-corrected chi connectivity index (χ2v) is 6.10. The number of rotatable bonds is 3. The topological polar surface area (TPSA) is 117 Å². The minimum absolute atomic E-state index is 0.270. The lowest BCUT2D eigenvalue weighted by molar-refractivity contribution is 0.262. The Morgan fingerprint density at radius 2 is 1.75 bits per heavy atom. The predicted octanol–water partition coefficient (Wildman–Crippen LogP) is 4.59. The van der Waals surface area contributed by atoms with Gasteiger partial charge < -0.3 is 20.9 Å². The van der Waals surface area contributed by atoms with E-state index in [1.807, 2.05) is 36.4 Å². The first-order chi connectivity index (χ1) is 13.6. The number of hydrogen-bond donors (Lipinski definition) is 3. The van der Waals surface area contributed by atoms with Crippen molar-refractivity contribution in [1.82, 2.24) is 5.16 Å². The fraction of sp³-hybridized carbons (Fsp3) is 0. The summed E-state index contributed by atoms with van der Waals surface area (Å²) < 4.78 is 5.07. The van der Waals surface area contributed by atoms with E-state index < -0.39 is 6.03 Å². The highest BCUT2D eigenvalue weighted by molar-refractivity contribution is 6.02. The molecule has 0 spiro atoms. The van der Waals surface area contributed by atoms with Gasteiger partial charge in [0.25, 0.3) is 0 Å². The molecule has 0 aliphatic rings. The molecule has 3 aromatic carbocycles. The normalized spacial score (nSPS) is 10.4. The third-order valence-corrected chi connectivity index (χ3v) is 4.23. The zero-order valence-corrected chi connectivity index (χ0v) is 14.6. The molecule has 0 fully saturated rings. The van der Waals surface area contributed by atoms with Crippen molar-refractivity contribution in [3.63, 3.8) is 0 Å². The molecule has 0 aliphatic carbocycles. The smallest absolute Gasteiger partial charge is 0.323 e. The molecule has 136 valence electrons. The third kappa shape index (κ3) is 3.34. The number of hydrogen-bond acceptors (Lipinski definition) is 5. The number of aromatic nitrogens is 1. The van der Waals surface area contributed by atoms with Gasteiger partial charge in [0.05, 0.1) is 17.0 Å². The summed E-state index contributed by atoms with van der Waals surface area (Å²) in [6, 6.07) is 21.3. The van der Waals surface area contributed by atoms with Crippen LogP contribution in [0, 0.1) is 11.3 Å². The van der Waals surface area contributed by atoms with Crippen LogP contribution in [0.3, 0.4) is 0 Å². The van der Waals surface area contributed by atoms with Gasteiger partial charge >= 0.3 is 6.03 Å². The van der Waals surface area contributed by atoms with Crippen molar-refractivity contribution in [3.8, 4) is 17.2 Å². The molecule has 4 aromatic rings. The van der Waals surface area contributed by atoms with Gasteiger partial charge in [-0.25, -0.2) is 4.79 Å². The van der Waals surface area contributed by atoms with E-state index in [1.165, 1.54) is 0 Å². The SMILES string of the molecule is N#Cc1cccc(NC(=O)Nc2ccc(-c3cccc4noc(N)c34)cc2)c1. The van der Waals surface area contributed by atoms with Crippen molar-refractivity contribution in [1.29, 1.82) is 5.26 Å². The fourth-order valence-electron chi connectivity index (χ4n) is 2.95. The number of amides is 2. The summed E-state index contributed by atoms with van der Waals surface area (Å²) in [7, 11) is 0. The quantitative estimate of drug-likeness (QED) is 0.488. The van der Waals surface area contributed by atoms with E-state index in [4.69, 9.17) is 15.5 Å². The lowest BCUT2D eigenvalue weighted by Crippen LogP contribution is -2.19. The largest absolute Gasteiger partial charge is 0.367 e. The summed E-state index contributed by atoms with van der Waals surface area (Å²) in [6.07, 6.45) is 0. The van der Waals surface area contributed by atoms with Crippen LogP contribution in [0.15, 0.2) is 71.3 Å². The van der Waals surface area contributed by atoms with Gasteiger partial charge in [-0.1, -0.05) is 35.5 Å². The van der Waals surface area contributed by atoms with E-state index in [9.17, 15) is 4.79 Å². The molecular weight excluding hydrogens is 354 g/mol.